The Kier molecular flexibility index (Phi) is 5.74. The van der Waals surface area contributed by atoms with Gasteiger partial charge in [0.05, 0.1) is 17.8 Å². The first kappa shape index (κ1) is 17.4. The Bertz CT molecular complexity index is 747. The average molecular weight is 400 g/mol. The molecule has 120 valence electrons. The van der Waals surface area contributed by atoms with E-state index in [1.807, 2.05) is 0 Å². The number of rotatable bonds is 4. The zero-order valence-corrected chi connectivity index (χ0v) is 14.5. The van der Waals surface area contributed by atoms with Gasteiger partial charge in [0.25, 0.3) is 0 Å². The third kappa shape index (κ3) is 4.77. The van der Waals surface area contributed by atoms with Crippen LogP contribution in [-0.4, -0.2) is 11.8 Å². The van der Waals surface area contributed by atoms with Crippen LogP contribution in [0, 0.1) is 5.82 Å². The van der Waals surface area contributed by atoms with Gasteiger partial charge >= 0.3 is 0 Å². The molecule has 0 aliphatic rings. The van der Waals surface area contributed by atoms with Gasteiger partial charge < -0.3 is 10.6 Å². The molecule has 7 heteroatoms. The molecule has 0 bridgehead atoms. The predicted molar refractivity (Wildman–Crippen MR) is 92.2 cm³/mol. The van der Waals surface area contributed by atoms with Crippen LogP contribution in [0.5, 0.6) is 0 Å². The van der Waals surface area contributed by atoms with E-state index in [4.69, 9.17) is 11.6 Å². The number of amides is 2. The fourth-order valence-corrected chi connectivity index (χ4v) is 2.57. The highest BCUT2D eigenvalue weighted by atomic mass is 79.9. The standard InChI is InChI=1S/C16H13BrClFN2O2/c1-9(22)20-14-6-5-10(17)7-15(14)21-16(23)8-11-12(18)3-2-4-13(11)19/h2-7H,8H2,1H3,(H,20,22)(H,21,23). The second kappa shape index (κ2) is 7.57. The number of benzene rings is 2. The number of nitrogens with one attached hydrogen (secondary N) is 2. The van der Waals surface area contributed by atoms with Gasteiger partial charge in [-0.05, 0) is 30.3 Å². The van der Waals surface area contributed by atoms with Crippen LogP contribution in [0.25, 0.3) is 0 Å². The minimum Gasteiger partial charge on any atom is -0.325 e. The van der Waals surface area contributed by atoms with E-state index in [-0.39, 0.29) is 22.9 Å². The van der Waals surface area contributed by atoms with Crippen molar-refractivity contribution in [2.75, 3.05) is 10.6 Å². The molecule has 2 rings (SSSR count). The molecule has 2 N–H and O–H groups in total. The summed E-state index contributed by atoms with van der Waals surface area (Å²) in [5.74, 6) is -1.24. The molecule has 2 aromatic rings. The molecule has 0 saturated carbocycles. The molecule has 2 amide bonds. The number of carbonyl (C=O) groups is 2. The highest BCUT2D eigenvalue weighted by molar-refractivity contribution is 9.10. The van der Waals surface area contributed by atoms with Crippen LogP contribution in [0.1, 0.15) is 12.5 Å². The van der Waals surface area contributed by atoms with Crippen LogP contribution in [-0.2, 0) is 16.0 Å². The SMILES string of the molecule is CC(=O)Nc1ccc(Br)cc1NC(=O)Cc1c(F)cccc1Cl. The van der Waals surface area contributed by atoms with Gasteiger partial charge in [-0.2, -0.15) is 0 Å². The highest BCUT2D eigenvalue weighted by Gasteiger charge is 2.14. The van der Waals surface area contributed by atoms with Crippen molar-refractivity contribution in [3.63, 3.8) is 0 Å². The molecule has 0 saturated heterocycles. The van der Waals surface area contributed by atoms with Crippen LogP contribution in [0.2, 0.25) is 5.02 Å². The largest absolute Gasteiger partial charge is 0.325 e. The van der Waals surface area contributed by atoms with Crippen LogP contribution in [0.4, 0.5) is 15.8 Å². The molecule has 4 nitrogen and oxygen atoms in total. The summed E-state index contributed by atoms with van der Waals surface area (Å²) < 4.78 is 14.5. The summed E-state index contributed by atoms with van der Waals surface area (Å²) >= 11 is 9.21. The van der Waals surface area contributed by atoms with E-state index in [0.29, 0.717) is 11.4 Å². The van der Waals surface area contributed by atoms with Crippen LogP contribution in [0.3, 0.4) is 0 Å². The van der Waals surface area contributed by atoms with Gasteiger partial charge in [-0.15, -0.1) is 0 Å². The topological polar surface area (TPSA) is 58.2 Å². The monoisotopic (exact) mass is 398 g/mol. The zero-order chi connectivity index (χ0) is 17.0. The summed E-state index contributed by atoms with van der Waals surface area (Å²) in [7, 11) is 0. The van der Waals surface area contributed by atoms with Crippen molar-refractivity contribution >= 4 is 50.7 Å². The Labute approximate surface area is 146 Å². The van der Waals surface area contributed by atoms with E-state index in [1.165, 1.54) is 25.1 Å². The van der Waals surface area contributed by atoms with Crippen molar-refractivity contribution in [1.29, 1.82) is 0 Å². The number of carbonyl (C=O) groups excluding carboxylic acids is 2. The second-order valence-electron chi connectivity index (χ2n) is 4.80. The lowest BCUT2D eigenvalue weighted by Crippen LogP contribution is -2.17. The van der Waals surface area contributed by atoms with Gasteiger partial charge in [0.1, 0.15) is 5.82 Å². The zero-order valence-electron chi connectivity index (χ0n) is 12.1. The van der Waals surface area contributed by atoms with E-state index < -0.39 is 11.7 Å². The fourth-order valence-electron chi connectivity index (χ4n) is 1.97. The summed E-state index contributed by atoms with van der Waals surface area (Å²) in [4.78, 5) is 23.4. The van der Waals surface area contributed by atoms with Crippen LogP contribution < -0.4 is 10.6 Å². The summed E-state index contributed by atoms with van der Waals surface area (Å²) in [6.07, 6.45) is -0.211. The summed E-state index contributed by atoms with van der Waals surface area (Å²) in [6, 6.07) is 9.27. The summed E-state index contributed by atoms with van der Waals surface area (Å²) in [5, 5.41) is 5.46. The Balaban J connectivity index is 2.20. The van der Waals surface area contributed by atoms with E-state index in [1.54, 1.807) is 18.2 Å². The Morgan fingerprint density at radius 2 is 1.91 bits per heavy atom. The smallest absolute Gasteiger partial charge is 0.229 e. The highest BCUT2D eigenvalue weighted by Crippen LogP contribution is 2.27. The van der Waals surface area contributed by atoms with Gasteiger partial charge in [0.15, 0.2) is 0 Å². The molecule has 0 aliphatic heterocycles. The maximum atomic E-state index is 13.7. The Morgan fingerprint density at radius 3 is 2.57 bits per heavy atom. The van der Waals surface area contributed by atoms with Crippen LogP contribution >= 0.6 is 27.5 Å². The Hall–Kier alpha value is -1.92. The van der Waals surface area contributed by atoms with Gasteiger partial charge in [-0.3, -0.25) is 9.59 Å². The van der Waals surface area contributed by atoms with Crippen molar-refractivity contribution in [2.45, 2.75) is 13.3 Å². The van der Waals surface area contributed by atoms with Crippen LogP contribution in [0.15, 0.2) is 40.9 Å². The molecule has 0 aliphatic carbocycles. The molecule has 23 heavy (non-hydrogen) atoms. The van der Waals surface area contributed by atoms with Crippen molar-refractivity contribution in [3.05, 3.63) is 57.3 Å². The van der Waals surface area contributed by atoms with Gasteiger partial charge in [0, 0.05) is 22.0 Å². The first-order chi connectivity index (χ1) is 10.9. The molecule has 2 aromatic carbocycles. The number of halogens is 3. The van der Waals surface area contributed by atoms with Crippen molar-refractivity contribution < 1.29 is 14.0 Å². The Morgan fingerprint density at radius 1 is 1.17 bits per heavy atom. The molecule has 0 fully saturated rings. The predicted octanol–water partition coefficient (Wildman–Crippen LogP) is 4.38. The molecular formula is C16H13BrClFN2O2. The lowest BCUT2D eigenvalue weighted by atomic mass is 10.1. The lowest BCUT2D eigenvalue weighted by Gasteiger charge is -2.12. The number of hydrogen-bond donors (Lipinski definition) is 2. The van der Waals surface area contributed by atoms with E-state index in [0.717, 1.165) is 4.47 Å². The molecule has 0 heterocycles. The lowest BCUT2D eigenvalue weighted by molar-refractivity contribution is -0.116. The molecule has 0 spiro atoms. The minimum absolute atomic E-state index is 0.128. The quantitative estimate of drug-likeness (QED) is 0.801. The average Bonchev–Trinajstić information content (AvgIpc) is 2.45. The molecule has 0 unspecified atom stereocenters. The number of anilines is 2. The first-order valence-electron chi connectivity index (χ1n) is 6.66. The third-order valence-corrected chi connectivity index (χ3v) is 3.81. The van der Waals surface area contributed by atoms with Crippen molar-refractivity contribution in [3.8, 4) is 0 Å². The molecular weight excluding hydrogens is 387 g/mol. The van der Waals surface area contributed by atoms with Crippen molar-refractivity contribution in [1.82, 2.24) is 0 Å². The molecule has 0 radical (unpaired) electrons. The maximum absolute atomic E-state index is 13.7. The maximum Gasteiger partial charge on any atom is 0.229 e. The minimum atomic E-state index is -0.538. The second-order valence-corrected chi connectivity index (χ2v) is 6.12. The normalized spacial score (nSPS) is 10.3. The van der Waals surface area contributed by atoms with Gasteiger partial charge in [-0.1, -0.05) is 33.6 Å². The number of hydrogen-bond acceptors (Lipinski definition) is 2. The van der Waals surface area contributed by atoms with Gasteiger partial charge in [-0.25, -0.2) is 4.39 Å². The molecule has 0 atom stereocenters. The third-order valence-electron chi connectivity index (χ3n) is 2.97. The van der Waals surface area contributed by atoms with E-state index >= 15 is 0 Å². The van der Waals surface area contributed by atoms with E-state index in [2.05, 4.69) is 26.6 Å². The fraction of sp³-hybridized carbons (Fsp3) is 0.125. The summed E-state index contributed by atoms with van der Waals surface area (Å²) in [5.41, 5.74) is 0.989. The molecule has 0 aromatic heterocycles. The van der Waals surface area contributed by atoms with E-state index in [9.17, 15) is 14.0 Å². The summed E-state index contributed by atoms with van der Waals surface area (Å²) in [6.45, 7) is 1.37. The van der Waals surface area contributed by atoms with Gasteiger partial charge in [0.2, 0.25) is 11.8 Å². The first-order valence-corrected chi connectivity index (χ1v) is 7.84. The van der Waals surface area contributed by atoms with Crippen molar-refractivity contribution in [2.24, 2.45) is 0 Å².